The van der Waals surface area contributed by atoms with Gasteiger partial charge in [-0.15, -0.1) is 0 Å². The lowest BCUT2D eigenvalue weighted by Crippen LogP contribution is -2.19. The highest BCUT2D eigenvalue weighted by molar-refractivity contribution is 5.57. The summed E-state index contributed by atoms with van der Waals surface area (Å²) in [6.07, 6.45) is 6.66. The number of aromatic nitrogens is 2. The van der Waals surface area contributed by atoms with Gasteiger partial charge in [-0.1, -0.05) is 6.07 Å². The molecule has 2 heterocycles. The van der Waals surface area contributed by atoms with E-state index < -0.39 is 11.6 Å². The lowest BCUT2D eigenvalue weighted by atomic mass is 9.98. The second-order valence-corrected chi connectivity index (χ2v) is 5.87. The Morgan fingerprint density at radius 1 is 1.32 bits per heavy atom. The second kappa shape index (κ2) is 6.57. The number of hydrogen-bond donors (Lipinski definition) is 0. The van der Waals surface area contributed by atoms with Crippen molar-refractivity contribution in [1.82, 2.24) is 9.55 Å². The van der Waals surface area contributed by atoms with Crippen LogP contribution >= 0.6 is 0 Å². The maximum Gasteiger partial charge on any atom is 0.170 e. The third-order valence-electron chi connectivity index (χ3n) is 4.26. The molecule has 1 aliphatic heterocycles. The van der Waals surface area contributed by atoms with Crippen LogP contribution in [0.2, 0.25) is 0 Å². The van der Waals surface area contributed by atoms with E-state index in [9.17, 15) is 8.78 Å². The molecule has 1 fully saturated rings. The third-order valence-corrected chi connectivity index (χ3v) is 4.26. The summed E-state index contributed by atoms with van der Waals surface area (Å²) in [6.45, 7) is 3.92. The van der Waals surface area contributed by atoms with Crippen molar-refractivity contribution >= 4 is 0 Å². The fraction of sp³-hybridized carbons (Fsp3) is 0.471. The molecule has 1 aliphatic rings. The average molecular weight is 306 g/mol. The minimum absolute atomic E-state index is 0.216. The molecule has 3 rings (SSSR count). The number of nitrogens with zero attached hydrogens (tertiary/aromatic N) is 2. The van der Waals surface area contributed by atoms with E-state index >= 15 is 0 Å². The zero-order valence-electron chi connectivity index (χ0n) is 12.7. The Morgan fingerprint density at radius 2 is 2.18 bits per heavy atom. The van der Waals surface area contributed by atoms with Crippen LogP contribution in [0.5, 0.6) is 0 Å². The molecule has 22 heavy (non-hydrogen) atoms. The summed E-state index contributed by atoms with van der Waals surface area (Å²) < 4.78 is 35.3. The molecule has 5 heteroatoms. The van der Waals surface area contributed by atoms with Crippen LogP contribution in [0.15, 0.2) is 24.5 Å². The first-order valence-electron chi connectivity index (χ1n) is 7.70. The molecule has 1 unspecified atom stereocenters. The molecule has 0 saturated carbocycles. The largest absolute Gasteiger partial charge is 0.381 e. The van der Waals surface area contributed by atoms with Crippen LogP contribution in [0.3, 0.4) is 0 Å². The minimum atomic E-state index is -0.826. The van der Waals surface area contributed by atoms with Gasteiger partial charge in [0.1, 0.15) is 5.82 Å². The van der Waals surface area contributed by atoms with E-state index in [0.717, 1.165) is 39.0 Å². The summed E-state index contributed by atoms with van der Waals surface area (Å²) in [5.74, 6) is -0.613. The van der Waals surface area contributed by atoms with Gasteiger partial charge in [0.25, 0.3) is 0 Å². The van der Waals surface area contributed by atoms with E-state index in [-0.39, 0.29) is 5.56 Å². The predicted octanol–water partition coefficient (Wildman–Crippen LogP) is 3.95. The molecule has 1 aromatic heterocycles. The zero-order valence-corrected chi connectivity index (χ0v) is 12.7. The average Bonchev–Trinajstić information content (AvgIpc) is 3.00. The van der Waals surface area contributed by atoms with Gasteiger partial charge < -0.3 is 9.30 Å². The highest BCUT2D eigenvalue weighted by atomic mass is 19.2. The Bertz CT molecular complexity index is 648. The number of imidazole rings is 1. The normalized spacial score (nSPS) is 18.6. The van der Waals surface area contributed by atoms with Crippen molar-refractivity contribution in [2.24, 2.45) is 5.92 Å². The van der Waals surface area contributed by atoms with Gasteiger partial charge in [0.15, 0.2) is 11.6 Å². The Morgan fingerprint density at radius 3 is 2.95 bits per heavy atom. The van der Waals surface area contributed by atoms with Gasteiger partial charge >= 0.3 is 0 Å². The van der Waals surface area contributed by atoms with Crippen molar-refractivity contribution in [2.45, 2.75) is 32.7 Å². The van der Waals surface area contributed by atoms with E-state index in [2.05, 4.69) is 4.98 Å². The lowest BCUT2D eigenvalue weighted by Gasteiger charge is -2.22. The fourth-order valence-corrected chi connectivity index (χ4v) is 2.91. The summed E-state index contributed by atoms with van der Waals surface area (Å²) in [7, 11) is 0. The van der Waals surface area contributed by atoms with Crippen LogP contribution in [0.25, 0.3) is 11.4 Å². The first-order chi connectivity index (χ1) is 10.7. The number of hydrogen-bond acceptors (Lipinski definition) is 2. The highest BCUT2D eigenvalue weighted by Gasteiger charge is 2.18. The predicted molar refractivity (Wildman–Crippen MR) is 80.5 cm³/mol. The van der Waals surface area contributed by atoms with E-state index in [1.165, 1.54) is 0 Å². The van der Waals surface area contributed by atoms with Gasteiger partial charge in [-0.25, -0.2) is 13.8 Å². The molecular weight excluding hydrogens is 286 g/mol. The van der Waals surface area contributed by atoms with Crippen molar-refractivity contribution in [2.75, 3.05) is 13.2 Å². The van der Waals surface area contributed by atoms with E-state index in [4.69, 9.17) is 4.74 Å². The molecule has 1 saturated heterocycles. The number of benzene rings is 1. The summed E-state index contributed by atoms with van der Waals surface area (Å²) in [5, 5.41) is 0. The van der Waals surface area contributed by atoms with Gasteiger partial charge in [-0.2, -0.15) is 0 Å². The van der Waals surface area contributed by atoms with Crippen LogP contribution in [-0.2, 0) is 11.3 Å². The van der Waals surface area contributed by atoms with Crippen LogP contribution in [0.1, 0.15) is 24.8 Å². The first kappa shape index (κ1) is 15.2. The Kier molecular flexibility index (Phi) is 4.52. The van der Waals surface area contributed by atoms with E-state index in [0.29, 0.717) is 17.3 Å². The smallest absolute Gasteiger partial charge is 0.170 e. The molecule has 3 nitrogen and oxygen atoms in total. The summed E-state index contributed by atoms with van der Waals surface area (Å²) in [4.78, 5) is 4.21. The van der Waals surface area contributed by atoms with Crippen molar-refractivity contribution in [3.8, 4) is 11.4 Å². The van der Waals surface area contributed by atoms with Crippen molar-refractivity contribution in [3.63, 3.8) is 0 Å². The molecule has 0 radical (unpaired) electrons. The summed E-state index contributed by atoms with van der Waals surface area (Å²) in [5.41, 5.74) is 0.520. The quantitative estimate of drug-likeness (QED) is 0.855. The molecule has 0 amide bonds. The Balaban J connectivity index is 1.78. The standard InChI is InChI=1S/C17H20F2N2O/c1-12-4-5-14(16(19)15(12)18)17-20-7-9-21(17)8-6-13-3-2-10-22-11-13/h4-5,7,9,13H,2-3,6,8,10-11H2,1H3. The minimum Gasteiger partial charge on any atom is -0.381 e. The number of aryl methyl sites for hydroxylation is 2. The SMILES string of the molecule is Cc1ccc(-c2nccn2CCC2CCCOC2)c(F)c1F. The maximum absolute atomic E-state index is 14.2. The molecule has 0 aliphatic carbocycles. The van der Waals surface area contributed by atoms with Gasteiger partial charge in [0.05, 0.1) is 5.56 Å². The lowest BCUT2D eigenvalue weighted by molar-refractivity contribution is 0.0501. The molecular formula is C17H20F2N2O. The topological polar surface area (TPSA) is 27.1 Å². The third kappa shape index (κ3) is 3.04. The van der Waals surface area contributed by atoms with E-state index in [1.54, 1.807) is 25.3 Å². The fourth-order valence-electron chi connectivity index (χ4n) is 2.91. The first-order valence-corrected chi connectivity index (χ1v) is 7.70. The van der Waals surface area contributed by atoms with Gasteiger partial charge in [0, 0.05) is 32.2 Å². The molecule has 1 atom stereocenters. The summed E-state index contributed by atoms with van der Waals surface area (Å²) in [6, 6.07) is 3.18. The van der Waals surface area contributed by atoms with Crippen LogP contribution in [0, 0.1) is 24.5 Å². The van der Waals surface area contributed by atoms with Gasteiger partial charge in [0.2, 0.25) is 0 Å². The van der Waals surface area contributed by atoms with E-state index in [1.807, 2.05) is 10.8 Å². The second-order valence-electron chi connectivity index (χ2n) is 5.87. The number of halogens is 2. The molecule has 1 aromatic carbocycles. The number of rotatable bonds is 4. The van der Waals surface area contributed by atoms with Crippen LogP contribution in [-0.4, -0.2) is 22.8 Å². The van der Waals surface area contributed by atoms with Gasteiger partial charge in [-0.05, 0) is 43.7 Å². The molecule has 0 N–H and O–H groups in total. The van der Waals surface area contributed by atoms with Crippen molar-refractivity contribution < 1.29 is 13.5 Å². The van der Waals surface area contributed by atoms with Crippen LogP contribution < -0.4 is 0 Å². The number of ether oxygens (including phenoxy) is 1. The highest BCUT2D eigenvalue weighted by Crippen LogP contribution is 2.26. The van der Waals surface area contributed by atoms with Crippen LogP contribution in [0.4, 0.5) is 8.78 Å². The molecule has 118 valence electrons. The van der Waals surface area contributed by atoms with Gasteiger partial charge in [-0.3, -0.25) is 0 Å². The Labute approximate surface area is 128 Å². The van der Waals surface area contributed by atoms with Crippen molar-refractivity contribution in [1.29, 1.82) is 0 Å². The zero-order chi connectivity index (χ0) is 15.5. The molecule has 0 bridgehead atoms. The summed E-state index contributed by atoms with van der Waals surface area (Å²) >= 11 is 0. The molecule has 0 spiro atoms. The maximum atomic E-state index is 14.2. The Hall–Kier alpha value is -1.75. The monoisotopic (exact) mass is 306 g/mol. The van der Waals surface area contributed by atoms with Crippen molar-refractivity contribution in [3.05, 3.63) is 41.7 Å². The molecule has 2 aromatic rings.